The van der Waals surface area contributed by atoms with Gasteiger partial charge in [-0.25, -0.2) is 4.39 Å². The number of nitrogens with zero attached hydrogens (tertiary/aromatic N) is 1. The van der Waals surface area contributed by atoms with Crippen molar-refractivity contribution < 1.29 is 9.18 Å². The van der Waals surface area contributed by atoms with Crippen LogP contribution in [-0.2, 0) is 4.79 Å². The minimum absolute atomic E-state index is 0.0503. The van der Waals surface area contributed by atoms with Gasteiger partial charge >= 0.3 is 0 Å². The van der Waals surface area contributed by atoms with E-state index in [0.717, 1.165) is 25.1 Å². The van der Waals surface area contributed by atoms with Gasteiger partial charge in [-0.3, -0.25) is 4.79 Å². The lowest BCUT2D eigenvalue weighted by atomic mass is 9.99. The highest BCUT2D eigenvalue weighted by Gasteiger charge is 2.27. The van der Waals surface area contributed by atoms with E-state index >= 15 is 0 Å². The van der Waals surface area contributed by atoms with Gasteiger partial charge in [-0.05, 0) is 37.6 Å². The normalized spacial score (nSPS) is 20.7. The van der Waals surface area contributed by atoms with Crippen molar-refractivity contribution in [3.8, 4) is 0 Å². The number of halogens is 1. The van der Waals surface area contributed by atoms with E-state index < -0.39 is 0 Å². The average Bonchev–Trinajstić information content (AvgIpc) is 2.90. The number of amides is 1. The average molecular weight is 250 g/mol. The van der Waals surface area contributed by atoms with E-state index in [4.69, 9.17) is 0 Å². The predicted octanol–water partition coefficient (Wildman–Crippen LogP) is 1.75. The van der Waals surface area contributed by atoms with Crippen molar-refractivity contribution in [2.75, 3.05) is 20.1 Å². The third-order valence-electron chi connectivity index (χ3n) is 3.65. The summed E-state index contributed by atoms with van der Waals surface area (Å²) >= 11 is 0. The van der Waals surface area contributed by atoms with Crippen LogP contribution in [0.1, 0.15) is 24.8 Å². The lowest BCUT2D eigenvalue weighted by Gasteiger charge is -2.27. The van der Waals surface area contributed by atoms with Crippen LogP contribution in [0, 0.1) is 5.82 Å². The number of nitrogens with one attached hydrogen (secondary N) is 1. The Hall–Kier alpha value is -1.42. The third-order valence-corrected chi connectivity index (χ3v) is 3.65. The zero-order chi connectivity index (χ0) is 13.1. The Labute approximate surface area is 107 Å². The highest BCUT2D eigenvalue weighted by Crippen LogP contribution is 2.20. The number of carbonyl (C=O) groups excluding carboxylic acids is 1. The van der Waals surface area contributed by atoms with Crippen LogP contribution in [0.15, 0.2) is 24.3 Å². The highest BCUT2D eigenvalue weighted by molar-refractivity contribution is 5.83. The molecule has 1 aliphatic rings. The molecule has 0 radical (unpaired) electrons. The van der Waals surface area contributed by atoms with Crippen LogP contribution in [0.4, 0.5) is 4.39 Å². The minimum Gasteiger partial charge on any atom is -0.341 e. The minimum atomic E-state index is -0.300. The van der Waals surface area contributed by atoms with Gasteiger partial charge in [-0.1, -0.05) is 12.1 Å². The summed E-state index contributed by atoms with van der Waals surface area (Å²) in [6.45, 7) is 3.63. The van der Waals surface area contributed by atoms with Crippen LogP contribution < -0.4 is 5.32 Å². The molecule has 18 heavy (non-hydrogen) atoms. The Morgan fingerprint density at radius 1 is 1.56 bits per heavy atom. The zero-order valence-electron chi connectivity index (χ0n) is 10.8. The van der Waals surface area contributed by atoms with Crippen LogP contribution in [0.2, 0.25) is 0 Å². The fourth-order valence-electron chi connectivity index (χ4n) is 2.37. The molecule has 0 aromatic heterocycles. The Morgan fingerprint density at radius 2 is 2.33 bits per heavy atom. The molecule has 2 rings (SSSR count). The number of hydrogen-bond donors (Lipinski definition) is 1. The highest BCUT2D eigenvalue weighted by atomic mass is 19.1. The van der Waals surface area contributed by atoms with Gasteiger partial charge in [0.05, 0.1) is 5.92 Å². The van der Waals surface area contributed by atoms with E-state index in [1.165, 1.54) is 12.1 Å². The predicted molar refractivity (Wildman–Crippen MR) is 68.9 cm³/mol. The molecule has 0 saturated carbocycles. The van der Waals surface area contributed by atoms with Crippen molar-refractivity contribution in [2.45, 2.75) is 25.3 Å². The van der Waals surface area contributed by atoms with Crippen molar-refractivity contribution in [1.29, 1.82) is 0 Å². The molecule has 2 atom stereocenters. The topological polar surface area (TPSA) is 32.3 Å². The number of benzene rings is 1. The van der Waals surface area contributed by atoms with Gasteiger partial charge in [0.1, 0.15) is 5.82 Å². The van der Waals surface area contributed by atoms with Gasteiger partial charge in [0.2, 0.25) is 5.91 Å². The fourth-order valence-corrected chi connectivity index (χ4v) is 2.37. The molecule has 98 valence electrons. The quantitative estimate of drug-likeness (QED) is 0.886. The fraction of sp³-hybridized carbons (Fsp3) is 0.500. The molecule has 1 saturated heterocycles. The summed E-state index contributed by atoms with van der Waals surface area (Å²) in [6, 6.07) is 6.53. The van der Waals surface area contributed by atoms with Gasteiger partial charge in [0.25, 0.3) is 0 Å². The Balaban J connectivity index is 2.08. The van der Waals surface area contributed by atoms with Crippen molar-refractivity contribution in [2.24, 2.45) is 0 Å². The van der Waals surface area contributed by atoms with Gasteiger partial charge in [-0.15, -0.1) is 0 Å². The summed E-state index contributed by atoms with van der Waals surface area (Å²) in [4.78, 5) is 14.1. The second kappa shape index (κ2) is 5.48. The maximum Gasteiger partial charge on any atom is 0.229 e. The Bertz CT molecular complexity index is 430. The second-order valence-electron chi connectivity index (χ2n) is 4.87. The van der Waals surface area contributed by atoms with E-state index in [0.29, 0.717) is 0 Å². The van der Waals surface area contributed by atoms with Crippen molar-refractivity contribution in [1.82, 2.24) is 10.2 Å². The van der Waals surface area contributed by atoms with Crippen molar-refractivity contribution >= 4 is 5.91 Å². The van der Waals surface area contributed by atoms with Crippen LogP contribution in [-0.4, -0.2) is 37.0 Å². The zero-order valence-corrected chi connectivity index (χ0v) is 10.8. The van der Waals surface area contributed by atoms with E-state index in [1.54, 1.807) is 17.0 Å². The molecule has 0 bridgehead atoms. The summed E-state index contributed by atoms with van der Waals surface area (Å²) in [5.74, 6) is -0.544. The van der Waals surface area contributed by atoms with Crippen molar-refractivity contribution in [3.05, 3.63) is 35.6 Å². The van der Waals surface area contributed by atoms with E-state index in [9.17, 15) is 9.18 Å². The van der Waals surface area contributed by atoms with Gasteiger partial charge < -0.3 is 10.2 Å². The number of likely N-dealkylation sites (N-methyl/N-ethyl adjacent to an activating group) is 1. The first kappa shape index (κ1) is 13.0. The summed E-state index contributed by atoms with van der Waals surface area (Å²) in [6.07, 6.45) is 0.984. The standard InChI is InChI=1S/C14H19FN2O/c1-10(11-4-3-5-12(15)8-11)14(18)17(2)13-6-7-16-9-13/h3-5,8,10,13,16H,6-7,9H2,1-2H3. The Kier molecular flexibility index (Phi) is 3.97. The molecular formula is C14H19FN2O. The molecule has 1 aromatic rings. The SMILES string of the molecule is CC(C(=O)N(C)C1CCNC1)c1cccc(F)c1. The summed E-state index contributed by atoms with van der Waals surface area (Å²) in [5, 5.41) is 3.24. The van der Waals surface area contributed by atoms with Crippen LogP contribution >= 0.6 is 0 Å². The van der Waals surface area contributed by atoms with Gasteiger partial charge in [-0.2, -0.15) is 0 Å². The van der Waals surface area contributed by atoms with Gasteiger partial charge in [0.15, 0.2) is 0 Å². The number of carbonyl (C=O) groups is 1. The molecule has 1 heterocycles. The summed E-state index contributed by atoms with van der Waals surface area (Å²) < 4.78 is 13.2. The molecule has 1 N–H and O–H groups in total. The molecule has 4 heteroatoms. The summed E-state index contributed by atoms with van der Waals surface area (Å²) in [7, 11) is 1.83. The Morgan fingerprint density at radius 3 is 2.94 bits per heavy atom. The monoisotopic (exact) mass is 250 g/mol. The van der Waals surface area contributed by atoms with E-state index in [1.807, 2.05) is 14.0 Å². The largest absolute Gasteiger partial charge is 0.341 e. The first-order valence-electron chi connectivity index (χ1n) is 6.32. The molecule has 1 aromatic carbocycles. The molecule has 1 fully saturated rings. The third kappa shape index (κ3) is 2.70. The second-order valence-corrected chi connectivity index (χ2v) is 4.87. The summed E-state index contributed by atoms with van der Waals surface area (Å²) in [5.41, 5.74) is 0.734. The van der Waals surface area contributed by atoms with Crippen molar-refractivity contribution in [3.63, 3.8) is 0 Å². The first-order chi connectivity index (χ1) is 8.59. The molecule has 0 spiro atoms. The lowest BCUT2D eigenvalue weighted by molar-refractivity contribution is -0.132. The smallest absolute Gasteiger partial charge is 0.229 e. The van der Waals surface area contributed by atoms with Crippen LogP contribution in [0.25, 0.3) is 0 Å². The number of rotatable bonds is 3. The number of hydrogen-bond acceptors (Lipinski definition) is 2. The molecule has 0 aliphatic carbocycles. The first-order valence-corrected chi connectivity index (χ1v) is 6.32. The maximum atomic E-state index is 13.2. The maximum absolute atomic E-state index is 13.2. The molecule has 2 unspecified atom stereocenters. The molecular weight excluding hydrogens is 231 g/mol. The van der Waals surface area contributed by atoms with Crippen LogP contribution in [0.5, 0.6) is 0 Å². The van der Waals surface area contributed by atoms with E-state index in [-0.39, 0.29) is 23.7 Å². The lowest BCUT2D eigenvalue weighted by Crippen LogP contribution is -2.40. The van der Waals surface area contributed by atoms with E-state index in [2.05, 4.69) is 5.32 Å². The molecule has 1 aliphatic heterocycles. The van der Waals surface area contributed by atoms with Crippen LogP contribution in [0.3, 0.4) is 0 Å². The molecule has 1 amide bonds. The molecule has 3 nitrogen and oxygen atoms in total. The van der Waals surface area contributed by atoms with Gasteiger partial charge in [0, 0.05) is 19.6 Å².